The van der Waals surface area contributed by atoms with Crippen molar-refractivity contribution in [2.75, 3.05) is 19.7 Å². The van der Waals surface area contributed by atoms with Gasteiger partial charge < -0.3 is 26.8 Å². The fourth-order valence-electron chi connectivity index (χ4n) is 3.87. The number of primary amides is 1. The number of imide groups is 1. The highest BCUT2D eigenvalue weighted by Crippen LogP contribution is 2.17. The summed E-state index contributed by atoms with van der Waals surface area (Å²) in [6.07, 6.45) is 4.79. The molecule has 12 heteroatoms. The number of amides is 6. The van der Waals surface area contributed by atoms with Crippen molar-refractivity contribution in [2.45, 2.75) is 77.8 Å². The summed E-state index contributed by atoms with van der Waals surface area (Å²) in [6, 6.07) is -2.27. The first-order valence-electron chi connectivity index (χ1n) is 13.3. The number of urea groups is 1. The van der Waals surface area contributed by atoms with E-state index in [2.05, 4.69) is 16.0 Å². The number of Topliss-reactive ketones (excluding diaryl/α,β-unsaturated/α-hetero) is 1. The highest BCUT2D eigenvalue weighted by molar-refractivity contribution is 6.12. The van der Waals surface area contributed by atoms with Gasteiger partial charge >= 0.3 is 6.03 Å². The maximum absolute atomic E-state index is 13.1. The SMILES string of the molecule is [2H]C[C@H](CO)NC(=O)C(CCCNC(N)=O)CC(=O)[C@@H](NC(=O)CCCCCN1C(=O)C=CC1=O)C(C)C. The zero-order chi connectivity index (χ0) is 28.7. The molecule has 6 N–H and O–H groups in total. The van der Waals surface area contributed by atoms with Crippen LogP contribution < -0.4 is 21.7 Å². The molecule has 0 saturated carbocycles. The zero-order valence-corrected chi connectivity index (χ0v) is 21.7. The highest BCUT2D eigenvalue weighted by atomic mass is 16.3. The summed E-state index contributed by atoms with van der Waals surface area (Å²) in [5.74, 6) is -2.80. The number of nitrogens with zero attached hydrogens (tertiary/aromatic N) is 1. The first-order chi connectivity index (χ1) is 18.0. The summed E-state index contributed by atoms with van der Waals surface area (Å²) >= 11 is 0. The van der Waals surface area contributed by atoms with Gasteiger partial charge in [0, 0.05) is 51.4 Å². The van der Waals surface area contributed by atoms with Crippen LogP contribution in [0.4, 0.5) is 4.79 Å². The van der Waals surface area contributed by atoms with E-state index in [9.17, 15) is 33.9 Å². The molecule has 0 bridgehead atoms. The van der Waals surface area contributed by atoms with Crippen LogP contribution in [-0.2, 0) is 24.0 Å². The van der Waals surface area contributed by atoms with Crippen LogP contribution in [0, 0.1) is 11.8 Å². The van der Waals surface area contributed by atoms with E-state index in [1.807, 2.05) is 0 Å². The summed E-state index contributed by atoms with van der Waals surface area (Å²) < 4.78 is 7.41. The molecule has 3 atom stereocenters. The van der Waals surface area contributed by atoms with Crippen LogP contribution >= 0.6 is 0 Å². The van der Waals surface area contributed by atoms with Crippen LogP contribution in [0.5, 0.6) is 0 Å². The molecule has 1 unspecified atom stereocenters. The highest BCUT2D eigenvalue weighted by Gasteiger charge is 2.29. The number of ketones is 1. The lowest BCUT2D eigenvalue weighted by atomic mass is 9.89. The van der Waals surface area contributed by atoms with Crippen molar-refractivity contribution in [3.63, 3.8) is 0 Å². The van der Waals surface area contributed by atoms with Crippen LogP contribution in [-0.4, -0.2) is 77.2 Å². The van der Waals surface area contributed by atoms with Gasteiger partial charge in [0.15, 0.2) is 5.78 Å². The summed E-state index contributed by atoms with van der Waals surface area (Å²) in [5.41, 5.74) is 5.06. The maximum atomic E-state index is 13.1. The largest absolute Gasteiger partial charge is 0.394 e. The van der Waals surface area contributed by atoms with E-state index in [0.29, 0.717) is 25.7 Å². The van der Waals surface area contributed by atoms with Gasteiger partial charge in [-0.3, -0.25) is 28.9 Å². The molecule has 0 aromatic heterocycles. The molecule has 208 valence electrons. The summed E-state index contributed by atoms with van der Waals surface area (Å²) in [4.78, 5) is 73.6. The Labute approximate surface area is 219 Å². The Hall–Kier alpha value is -3.28. The van der Waals surface area contributed by atoms with Gasteiger partial charge in [-0.05, 0) is 38.5 Å². The third-order valence-electron chi connectivity index (χ3n) is 5.93. The number of nitrogens with one attached hydrogen (secondary N) is 3. The lowest BCUT2D eigenvalue weighted by Crippen LogP contribution is -2.46. The van der Waals surface area contributed by atoms with Crippen molar-refractivity contribution < 1.29 is 35.2 Å². The van der Waals surface area contributed by atoms with Crippen molar-refractivity contribution in [2.24, 2.45) is 17.6 Å². The molecule has 0 aromatic rings. The normalized spacial score (nSPS) is 15.8. The lowest BCUT2D eigenvalue weighted by molar-refractivity contribution is -0.137. The topological polar surface area (TPSA) is 188 Å². The number of aliphatic hydroxyl groups is 1. The van der Waals surface area contributed by atoms with Gasteiger partial charge in [-0.25, -0.2) is 4.79 Å². The number of aliphatic hydroxyl groups excluding tert-OH is 1. The van der Waals surface area contributed by atoms with Crippen molar-refractivity contribution in [3.8, 4) is 0 Å². The summed E-state index contributed by atoms with van der Waals surface area (Å²) in [7, 11) is 0. The molecule has 0 aliphatic carbocycles. The van der Waals surface area contributed by atoms with Gasteiger partial charge in [0.1, 0.15) is 0 Å². The molecule has 1 aliphatic rings. The molecular formula is C25H41N5O7. The predicted octanol–water partition coefficient (Wildman–Crippen LogP) is 0.134. The van der Waals surface area contributed by atoms with Crippen LogP contribution in [0.15, 0.2) is 12.2 Å². The molecule has 0 spiro atoms. The van der Waals surface area contributed by atoms with E-state index < -0.39 is 36.5 Å². The van der Waals surface area contributed by atoms with Gasteiger partial charge in [0.05, 0.1) is 12.6 Å². The van der Waals surface area contributed by atoms with Crippen LogP contribution in [0.1, 0.15) is 67.1 Å². The summed E-state index contributed by atoms with van der Waals surface area (Å²) in [5, 5.41) is 17.1. The van der Waals surface area contributed by atoms with E-state index in [1.54, 1.807) is 13.8 Å². The van der Waals surface area contributed by atoms with Crippen molar-refractivity contribution in [3.05, 3.63) is 12.2 Å². The van der Waals surface area contributed by atoms with E-state index in [4.69, 9.17) is 7.10 Å². The predicted molar refractivity (Wildman–Crippen MR) is 136 cm³/mol. The Bertz CT molecular complexity index is 858. The molecule has 6 amide bonds. The minimum absolute atomic E-state index is 0.159. The van der Waals surface area contributed by atoms with Crippen molar-refractivity contribution >= 4 is 35.4 Å². The third-order valence-corrected chi connectivity index (χ3v) is 5.93. The second-order valence-corrected chi connectivity index (χ2v) is 9.45. The number of hydrogen-bond donors (Lipinski definition) is 5. The van der Waals surface area contributed by atoms with Gasteiger partial charge in [0.2, 0.25) is 11.8 Å². The maximum Gasteiger partial charge on any atom is 0.312 e. The fraction of sp³-hybridized carbons (Fsp3) is 0.680. The molecular weight excluding hydrogens is 482 g/mol. The minimum Gasteiger partial charge on any atom is -0.394 e. The van der Waals surface area contributed by atoms with E-state index in [-0.39, 0.29) is 68.7 Å². The Morgan fingerprint density at radius 2 is 1.73 bits per heavy atom. The molecule has 1 rings (SSSR count). The van der Waals surface area contributed by atoms with Gasteiger partial charge in [-0.1, -0.05) is 20.3 Å². The van der Waals surface area contributed by atoms with Gasteiger partial charge in [0.25, 0.3) is 11.8 Å². The van der Waals surface area contributed by atoms with Crippen LogP contribution in [0.3, 0.4) is 0 Å². The van der Waals surface area contributed by atoms with Gasteiger partial charge in [-0.2, -0.15) is 0 Å². The second-order valence-electron chi connectivity index (χ2n) is 9.45. The summed E-state index contributed by atoms with van der Waals surface area (Å²) in [6.45, 7) is 3.44. The molecule has 12 nitrogen and oxygen atoms in total. The van der Waals surface area contributed by atoms with E-state index in [1.165, 1.54) is 12.2 Å². The van der Waals surface area contributed by atoms with Crippen molar-refractivity contribution in [1.29, 1.82) is 0 Å². The standard InChI is InChI=1S/C25H41N5O7/c1-16(2)23(29-20(33)9-5-4-6-13-30-21(34)10-11-22(30)35)19(32)14-18(8-7-12-27-25(26)37)24(36)28-17(3)15-31/h10-11,16-18,23,31H,4-9,12-15H2,1-3H3,(H,28,36)(H,29,33)(H3,26,27,37)/t17-,18?,23+/m1/s1/i3D. The Morgan fingerprint density at radius 3 is 2.30 bits per heavy atom. The Balaban J connectivity index is 2.63. The molecule has 0 fully saturated rings. The Morgan fingerprint density at radius 1 is 1.05 bits per heavy atom. The first-order valence-corrected chi connectivity index (χ1v) is 12.6. The average molecular weight is 525 g/mol. The third kappa shape index (κ3) is 12.0. The number of nitrogens with two attached hydrogens (primary N) is 1. The van der Waals surface area contributed by atoms with Gasteiger partial charge in [-0.15, -0.1) is 0 Å². The van der Waals surface area contributed by atoms with Crippen LogP contribution in [0.25, 0.3) is 0 Å². The smallest absolute Gasteiger partial charge is 0.312 e. The second kappa shape index (κ2) is 16.5. The quantitative estimate of drug-likeness (QED) is 0.124. The zero-order valence-electron chi connectivity index (χ0n) is 22.7. The minimum atomic E-state index is -0.808. The number of hydrogen-bond acceptors (Lipinski definition) is 7. The first kappa shape index (κ1) is 29.9. The number of unbranched alkanes of at least 4 members (excludes halogenated alkanes) is 2. The molecule has 0 radical (unpaired) electrons. The molecule has 1 heterocycles. The van der Waals surface area contributed by atoms with Crippen molar-refractivity contribution in [1.82, 2.24) is 20.9 Å². The molecule has 0 saturated heterocycles. The molecule has 0 aromatic carbocycles. The number of carbonyl (C=O) groups is 6. The fourth-order valence-corrected chi connectivity index (χ4v) is 3.87. The lowest BCUT2D eigenvalue weighted by Gasteiger charge is -2.24. The molecule has 37 heavy (non-hydrogen) atoms. The van der Waals surface area contributed by atoms with Crippen LogP contribution in [0.2, 0.25) is 0 Å². The average Bonchev–Trinajstić information content (AvgIpc) is 3.18. The Kier molecular flexibility index (Phi) is 13.3. The number of rotatable bonds is 18. The van der Waals surface area contributed by atoms with E-state index in [0.717, 1.165) is 4.90 Å². The molecule has 1 aliphatic heterocycles. The monoisotopic (exact) mass is 524 g/mol. The number of carbonyl (C=O) groups excluding carboxylic acids is 6. The van der Waals surface area contributed by atoms with E-state index >= 15 is 0 Å².